The Kier molecular flexibility index (Phi) is 7.54. The summed E-state index contributed by atoms with van der Waals surface area (Å²) >= 11 is 0. The van der Waals surface area contributed by atoms with Gasteiger partial charge in [-0.25, -0.2) is 14.4 Å². The highest BCUT2D eigenvalue weighted by atomic mass is 19.1. The highest BCUT2D eigenvalue weighted by Crippen LogP contribution is 2.25. The third-order valence-corrected chi connectivity index (χ3v) is 6.13. The molecule has 2 aliphatic rings. The smallest absolute Gasteiger partial charge is 0.233 e. The number of nitrogens with one attached hydrogen (secondary N) is 3. The quantitative estimate of drug-likeness (QED) is 0.431. The summed E-state index contributed by atoms with van der Waals surface area (Å²) < 4.78 is 13.8. The predicted molar refractivity (Wildman–Crippen MR) is 123 cm³/mol. The molecule has 1 saturated heterocycles. The lowest BCUT2D eigenvalue weighted by atomic mass is 9.89. The van der Waals surface area contributed by atoms with E-state index in [1.807, 2.05) is 0 Å². The fourth-order valence-electron chi connectivity index (χ4n) is 4.35. The molecule has 1 saturated carbocycles. The zero-order valence-electron chi connectivity index (χ0n) is 18.6. The van der Waals surface area contributed by atoms with Crippen molar-refractivity contribution in [2.24, 2.45) is 5.92 Å². The van der Waals surface area contributed by atoms with Gasteiger partial charge in [-0.15, -0.1) is 0 Å². The molecule has 174 valence electrons. The van der Waals surface area contributed by atoms with Gasteiger partial charge in [-0.3, -0.25) is 0 Å². The Hall–Kier alpha value is -2.72. The average molecular weight is 445 g/mol. The van der Waals surface area contributed by atoms with Crippen LogP contribution in [0.3, 0.4) is 0 Å². The Morgan fingerprint density at radius 3 is 2.44 bits per heavy atom. The predicted octanol–water partition coefficient (Wildman–Crippen LogP) is 3.76. The number of hydrogen-bond donors (Lipinski definition) is 4. The second kappa shape index (κ2) is 10.7. The monoisotopic (exact) mass is 444 g/mol. The molecule has 4 rings (SSSR count). The first-order valence-corrected chi connectivity index (χ1v) is 11.6. The Labute approximate surface area is 188 Å². The molecule has 4 N–H and O–H groups in total. The summed E-state index contributed by atoms with van der Waals surface area (Å²) in [6.07, 6.45) is 7.46. The summed E-state index contributed by atoms with van der Waals surface area (Å²) in [7, 11) is 0. The number of halogens is 1. The van der Waals surface area contributed by atoms with Gasteiger partial charge in [-0.05, 0) is 37.3 Å². The van der Waals surface area contributed by atoms with Crippen molar-refractivity contribution in [3.63, 3.8) is 0 Å². The van der Waals surface area contributed by atoms with Crippen LogP contribution in [0.2, 0.25) is 0 Å². The van der Waals surface area contributed by atoms with Gasteiger partial charge in [0.1, 0.15) is 0 Å². The van der Waals surface area contributed by atoms with Crippen molar-refractivity contribution in [1.29, 1.82) is 0 Å². The number of rotatable bonds is 9. The van der Waals surface area contributed by atoms with E-state index in [2.05, 4.69) is 47.8 Å². The molecule has 1 aliphatic heterocycles. The maximum atomic E-state index is 13.8. The number of aromatic nitrogens is 3. The Morgan fingerprint density at radius 2 is 1.69 bits per heavy atom. The van der Waals surface area contributed by atoms with Crippen LogP contribution >= 0.6 is 0 Å². The first kappa shape index (κ1) is 22.5. The van der Waals surface area contributed by atoms with Gasteiger partial charge in [0.25, 0.3) is 0 Å². The van der Waals surface area contributed by atoms with E-state index in [-0.39, 0.29) is 0 Å². The number of phenolic OH excluding ortho intramolecular Hbond substituents is 1. The van der Waals surface area contributed by atoms with Crippen LogP contribution in [0.25, 0.3) is 0 Å². The normalized spacial score (nSPS) is 18.1. The van der Waals surface area contributed by atoms with E-state index in [1.165, 1.54) is 44.2 Å². The molecule has 1 aliphatic carbocycles. The zero-order valence-corrected chi connectivity index (χ0v) is 18.6. The van der Waals surface area contributed by atoms with Crippen molar-refractivity contribution >= 4 is 23.5 Å². The summed E-state index contributed by atoms with van der Waals surface area (Å²) in [5, 5.41) is 23.7. The molecule has 0 amide bonds. The lowest BCUT2D eigenvalue weighted by Crippen LogP contribution is -2.39. The van der Waals surface area contributed by atoms with Crippen LogP contribution < -0.4 is 16.0 Å². The van der Waals surface area contributed by atoms with Crippen molar-refractivity contribution in [3.8, 4) is 5.75 Å². The molecule has 0 unspecified atom stereocenters. The van der Waals surface area contributed by atoms with Gasteiger partial charge in [0.15, 0.2) is 11.6 Å². The molecular weight excluding hydrogens is 411 g/mol. The lowest BCUT2D eigenvalue weighted by Gasteiger charge is -2.26. The van der Waals surface area contributed by atoms with Crippen LogP contribution in [-0.4, -0.2) is 62.9 Å². The number of hydrazine groups is 1. The van der Waals surface area contributed by atoms with Crippen LogP contribution in [0.15, 0.2) is 18.2 Å². The van der Waals surface area contributed by atoms with E-state index in [0.29, 0.717) is 36.1 Å². The molecule has 2 aromatic rings. The molecule has 1 aromatic carbocycles. The van der Waals surface area contributed by atoms with Crippen molar-refractivity contribution < 1.29 is 9.50 Å². The Balaban J connectivity index is 1.47. The standard InChI is InChI=1S/C22H33FN8O/c1-2-30-11-6-12-31(30)15-25-21-27-20(24-14-16-7-4-3-5-8-16)28-22(29-21)26-17-9-10-19(32)18(23)13-17/h9-10,13,16,32H,2-8,11-12,14-15H2,1H3,(H3,24,25,26,27,28,29). The summed E-state index contributed by atoms with van der Waals surface area (Å²) in [5.74, 6) is 0.787. The SMILES string of the molecule is CCN1CCCN1CNc1nc(NCC2CCCCC2)nc(Nc2ccc(O)c(F)c2)n1. The van der Waals surface area contributed by atoms with Crippen molar-refractivity contribution in [1.82, 2.24) is 25.0 Å². The second-order valence-corrected chi connectivity index (χ2v) is 8.45. The molecule has 0 atom stereocenters. The number of aromatic hydroxyl groups is 1. The van der Waals surface area contributed by atoms with Gasteiger partial charge < -0.3 is 21.1 Å². The van der Waals surface area contributed by atoms with E-state index in [1.54, 1.807) is 6.07 Å². The summed E-state index contributed by atoms with van der Waals surface area (Å²) in [5.41, 5.74) is 0.451. The molecule has 0 radical (unpaired) electrons. The number of nitrogens with zero attached hydrogens (tertiary/aromatic N) is 5. The van der Waals surface area contributed by atoms with Crippen LogP contribution in [0.4, 0.5) is 27.9 Å². The van der Waals surface area contributed by atoms with Gasteiger partial charge >= 0.3 is 0 Å². The highest BCUT2D eigenvalue weighted by Gasteiger charge is 2.20. The number of benzene rings is 1. The molecular formula is C22H33FN8O. The topological polar surface area (TPSA) is 101 Å². The minimum absolute atomic E-state index is 0.313. The van der Waals surface area contributed by atoms with Gasteiger partial charge in [0.2, 0.25) is 17.8 Å². The number of anilines is 4. The number of hydrogen-bond acceptors (Lipinski definition) is 9. The largest absolute Gasteiger partial charge is 0.505 e. The summed E-state index contributed by atoms with van der Waals surface area (Å²) in [4.78, 5) is 13.5. The van der Waals surface area contributed by atoms with E-state index < -0.39 is 11.6 Å². The molecule has 0 spiro atoms. The fraction of sp³-hybridized carbons (Fsp3) is 0.591. The molecule has 1 aromatic heterocycles. The summed E-state index contributed by atoms with van der Waals surface area (Å²) in [6, 6.07) is 4.09. The first-order chi connectivity index (χ1) is 15.6. The average Bonchev–Trinajstić information content (AvgIpc) is 3.27. The molecule has 10 heteroatoms. The minimum atomic E-state index is -0.702. The highest BCUT2D eigenvalue weighted by molar-refractivity contribution is 5.57. The number of phenols is 1. The molecule has 2 fully saturated rings. The van der Waals surface area contributed by atoms with Gasteiger partial charge in [0.05, 0.1) is 6.67 Å². The molecule has 2 heterocycles. The van der Waals surface area contributed by atoms with Crippen LogP contribution in [0, 0.1) is 11.7 Å². The van der Waals surface area contributed by atoms with Crippen LogP contribution in [0.1, 0.15) is 45.4 Å². The fourth-order valence-corrected chi connectivity index (χ4v) is 4.35. The van der Waals surface area contributed by atoms with Crippen molar-refractivity contribution in [2.75, 3.05) is 48.8 Å². The van der Waals surface area contributed by atoms with Crippen molar-refractivity contribution in [3.05, 3.63) is 24.0 Å². The lowest BCUT2D eigenvalue weighted by molar-refractivity contribution is 0.0408. The van der Waals surface area contributed by atoms with E-state index >= 15 is 0 Å². The zero-order chi connectivity index (χ0) is 22.3. The maximum absolute atomic E-state index is 13.8. The molecule has 9 nitrogen and oxygen atoms in total. The Morgan fingerprint density at radius 1 is 0.969 bits per heavy atom. The first-order valence-electron chi connectivity index (χ1n) is 11.6. The van der Waals surface area contributed by atoms with Gasteiger partial charge in [0, 0.05) is 37.9 Å². The van der Waals surface area contributed by atoms with Crippen LogP contribution in [0.5, 0.6) is 5.75 Å². The van der Waals surface area contributed by atoms with Gasteiger partial charge in [-0.1, -0.05) is 26.2 Å². The van der Waals surface area contributed by atoms with E-state index in [9.17, 15) is 9.50 Å². The van der Waals surface area contributed by atoms with Gasteiger partial charge in [-0.2, -0.15) is 15.0 Å². The van der Waals surface area contributed by atoms with E-state index in [0.717, 1.165) is 32.6 Å². The second-order valence-electron chi connectivity index (χ2n) is 8.45. The summed E-state index contributed by atoms with van der Waals surface area (Å²) in [6.45, 7) is 6.60. The Bertz CT molecular complexity index is 892. The third kappa shape index (κ3) is 5.95. The molecule has 32 heavy (non-hydrogen) atoms. The third-order valence-electron chi connectivity index (χ3n) is 6.13. The maximum Gasteiger partial charge on any atom is 0.233 e. The molecule has 0 bridgehead atoms. The van der Waals surface area contributed by atoms with Crippen molar-refractivity contribution in [2.45, 2.75) is 45.4 Å². The minimum Gasteiger partial charge on any atom is -0.505 e. The van der Waals surface area contributed by atoms with E-state index in [4.69, 9.17) is 0 Å². The van der Waals surface area contributed by atoms with Crippen LogP contribution in [-0.2, 0) is 0 Å².